The first-order valence-electron chi connectivity index (χ1n) is 1.72. The largest absolute Gasteiger partial charge is 1.00 e. The molecule has 36 valence electrons. The first-order chi connectivity index (χ1) is 2.77. The fourth-order valence-electron chi connectivity index (χ4n) is 0.129. The van der Waals surface area contributed by atoms with Crippen molar-refractivity contribution in [3.05, 3.63) is 11.8 Å². The third-order valence-corrected chi connectivity index (χ3v) is 0.379. The summed E-state index contributed by atoms with van der Waals surface area (Å²) >= 11 is 0. The smallest absolute Gasteiger partial charge is 0.876 e. The molecule has 0 aliphatic rings. The minimum atomic E-state index is -0.144. The molecule has 0 atom stereocenters. The normalized spacial score (nSPS) is 10.3. The van der Waals surface area contributed by atoms with Crippen LogP contribution in [0.2, 0.25) is 0 Å². The monoisotopic (exact) mass is 110 g/mol. The van der Waals surface area contributed by atoms with Gasteiger partial charge in [-0.05, 0) is 0 Å². The van der Waals surface area contributed by atoms with Gasteiger partial charge in [0.25, 0.3) is 0 Å². The molecule has 0 bridgehead atoms. The van der Waals surface area contributed by atoms with E-state index in [1.54, 1.807) is 0 Å². The molecule has 0 aliphatic carbocycles. The quantitative estimate of drug-likeness (QED) is 0.278. The molecule has 3 heteroatoms. The minimum Gasteiger partial charge on any atom is -0.876 e. The Morgan fingerprint density at radius 2 is 2.29 bits per heavy atom. The van der Waals surface area contributed by atoms with Crippen molar-refractivity contribution in [3.8, 4) is 0 Å². The van der Waals surface area contributed by atoms with Gasteiger partial charge in [0.2, 0.25) is 0 Å². The maximum Gasteiger partial charge on any atom is 1.00 e. The van der Waals surface area contributed by atoms with Gasteiger partial charge in [-0.3, -0.25) is 0 Å². The molecule has 0 heterocycles. The standard InChI is InChI=1S/C4H8O2.Na/c1-4(6)2-3-5;/h2,5-6H,3H2,1H3;/q;+1/p-1. The molecule has 7 heavy (non-hydrogen) atoms. The SMILES string of the molecule is CC([O-])=CCO.[Na+]. The van der Waals surface area contributed by atoms with Crippen LogP contribution < -0.4 is 34.7 Å². The minimum absolute atomic E-state index is 0. The van der Waals surface area contributed by atoms with Crippen molar-refractivity contribution in [3.63, 3.8) is 0 Å². The Morgan fingerprint density at radius 3 is 2.29 bits per heavy atom. The van der Waals surface area contributed by atoms with E-state index in [4.69, 9.17) is 5.11 Å². The summed E-state index contributed by atoms with van der Waals surface area (Å²) < 4.78 is 0. The van der Waals surface area contributed by atoms with E-state index in [1.807, 2.05) is 0 Å². The summed E-state index contributed by atoms with van der Waals surface area (Å²) in [5.74, 6) is -0.0856. The van der Waals surface area contributed by atoms with Crippen LogP contribution in [0.3, 0.4) is 0 Å². The van der Waals surface area contributed by atoms with Gasteiger partial charge in [0.1, 0.15) is 0 Å². The number of hydrogen-bond donors (Lipinski definition) is 1. The summed E-state index contributed by atoms with van der Waals surface area (Å²) in [5.41, 5.74) is 0. The summed E-state index contributed by atoms with van der Waals surface area (Å²) in [6.45, 7) is 1.26. The topological polar surface area (TPSA) is 43.3 Å². The number of allylic oxidation sites excluding steroid dienone is 1. The molecule has 1 N–H and O–H groups in total. The first kappa shape index (κ1) is 10.5. The first-order valence-corrected chi connectivity index (χ1v) is 1.72. The maximum atomic E-state index is 9.83. The molecule has 0 aromatic carbocycles. The van der Waals surface area contributed by atoms with Gasteiger partial charge in [-0.1, -0.05) is 13.0 Å². The number of rotatable bonds is 1. The fourth-order valence-corrected chi connectivity index (χ4v) is 0.129. The zero-order valence-corrected chi connectivity index (χ0v) is 6.64. The Bertz CT molecular complexity index is 56.7. The summed E-state index contributed by atoms with van der Waals surface area (Å²) in [6.07, 6.45) is 1.21. The van der Waals surface area contributed by atoms with E-state index >= 15 is 0 Å². The van der Waals surface area contributed by atoms with E-state index in [0.29, 0.717) is 0 Å². The van der Waals surface area contributed by atoms with Crippen LogP contribution in [0.1, 0.15) is 6.92 Å². The van der Waals surface area contributed by atoms with Gasteiger partial charge in [0.15, 0.2) is 0 Å². The summed E-state index contributed by atoms with van der Waals surface area (Å²) in [4.78, 5) is 0. The van der Waals surface area contributed by atoms with Crippen LogP contribution in [0.4, 0.5) is 0 Å². The van der Waals surface area contributed by atoms with Crippen molar-refractivity contribution in [2.24, 2.45) is 0 Å². The molecular weight excluding hydrogens is 103 g/mol. The van der Waals surface area contributed by atoms with Crippen LogP contribution in [0, 0.1) is 0 Å². The van der Waals surface area contributed by atoms with E-state index < -0.39 is 0 Å². The van der Waals surface area contributed by atoms with Crippen molar-refractivity contribution < 1.29 is 39.8 Å². The maximum absolute atomic E-state index is 9.83. The van der Waals surface area contributed by atoms with Gasteiger partial charge in [-0.2, -0.15) is 0 Å². The molecule has 0 aromatic heterocycles. The molecule has 0 radical (unpaired) electrons. The number of hydrogen-bond acceptors (Lipinski definition) is 2. The Morgan fingerprint density at radius 1 is 1.86 bits per heavy atom. The Hall–Kier alpha value is 0.500. The predicted octanol–water partition coefficient (Wildman–Crippen LogP) is -3.75. The van der Waals surface area contributed by atoms with E-state index in [1.165, 1.54) is 13.0 Å². The molecule has 0 rings (SSSR count). The summed E-state index contributed by atoms with van der Waals surface area (Å²) in [7, 11) is 0. The zero-order valence-electron chi connectivity index (χ0n) is 4.64. The molecule has 0 amide bonds. The van der Waals surface area contributed by atoms with Gasteiger partial charge in [-0.25, -0.2) is 0 Å². The zero-order chi connectivity index (χ0) is 4.99. The van der Waals surface area contributed by atoms with Crippen LogP contribution >= 0.6 is 0 Å². The molecule has 0 saturated carbocycles. The molecule has 0 fully saturated rings. The van der Waals surface area contributed by atoms with Crippen molar-refractivity contribution in [1.29, 1.82) is 0 Å². The van der Waals surface area contributed by atoms with Crippen LogP contribution in [0.15, 0.2) is 11.8 Å². The van der Waals surface area contributed by atoms with Crippen molar-refractivity contribution in [2.45, 2.75) is 6.92 Å². The second-order valence-electron chi connectivity index (χ2n) is 0.997. The number of aliphatic hydroxyl groups is 1. The molecule has 0 saturated heterocycles. The molecular formula is C4H7NaO2. The fraction of sp³-hybridized carbons (Fsp3) is 0.500. The van der Waals surface area contributed by atoms with Gasteiger partial charge in [0, 0.05) is 0 Å². The van der Waals surface area contributed by atoms with Gasteiger partial charge in [-0.15, -0.1) is 5.76 Å². The van der Waals surface area contributed by atoms with E-state index in [2.05, 4.69) is 0 Å². The van der Waals surface area contributed by atoms with Crippen LogP contribution in [0.25, 0.3) is 0 Å². The third-order valence-electron chi connectivity index (χ3n) is 0.379. The molecule has 0 spiro atoms. The van der Waals surface area contributed by atoms with E-state index in [0.717, 1.165) is 0 Å². The summed E-state index contributed by atoms with van der Waals surface area (Å²) in [6, 6.07) is 0. The Kier molecular flexibility index (Phi) is 9.73. The van der Waals surface area contributed by atoms with Gasteiger partial charge < -0.3 is 10.2 Å². The summed E-state index contributed by atoms with van der Waals surface area (Å²) in [5, 5.41) is 17.8. The predicted molar refractivity (Wildman–Crippen MR) is 20.8 cm³/mol. The van der Waals surface area contributed by atoms with Crippen molar-refractivity contribution in [1.82, 2.24) is 0 Å². The van der Waals surface area contributed by atoms with Crippen LogP contribution in [0.5, 0.6) is 0 Å². The second kappa shape index (κ2) is 6.50. The molecule has 0 aromatic rings. The average molecular weight is 110 g/mol. The van der Waals surface area contributed by atoms with Crippen molar-refractivity contribution >= 4 is 0 Å². The molecule has 0 aliphatic heterocycles. The average Bonchev–Trinajstić information content (AvgIpc) is 1.35. The molecule has 0 unspecified atom stereocenters. The Labute approximate surface area is 65.1 Å². The van der Waals surface area contributed by atoms with Crippen molar-refractivity contribution in [2.75, 3.05) is 6.61 Å². The third kappa shape index (κ3) is 10.7. The second-order valence-corrected chi connectivity index (χ2v) is 0.997. The number of aliphatic hydroxyl groups excluding tert-OH is 1. The Balaban J connectivity index is 0. The van der Waals surface area contributed by atoms with E-state index in [-0.39, 0.29) is 41.9 Å². The molecule has 2 nitrogen and oxygen atoms in total. The van der Waals surface area contributed by atoms with Gasteiger partial charge >= 0.3 is 29.6 Å². The van der Waals surface area contributed by atoms with E-state index in [9.17, 15) is 5.11 Å². The van der Waals surface area contributed by atoms with Gasteiger partial charge in [0.05, 0.1) is 6.61 Å². The van der Waals surface area contributed by atoms with Crippen LogP contribution in [-0.2, 0) is 0 Å². The van der Waals surface area contributed by atoms with Crippen LogP contribution in [-0.4, -0.2) is 11.7 Å².